The van der Waals surface area contributed by atoms with Gasteiger partial charge in [-0.25, -0.2) is 0 Å². The molecule has 1 aliphatic heterocycles. The molecular weight excluding hydrogens is 168 g/mol. The van der Waals surface area contributed by atoms with E-state index in [-0.39, 0.29) is 11.8 Å². The van der Waals surface area contributed by atoms with Crippen molar-refractivity contribution in [1.29, 1.82) is 0 Å². The molecule has 0 spiro atoms. The topological polar surface area (TPSA) is 49.4 Å². The average Bonchev–Trinajstić information content (AvgIpc) is 2.43. The Bertz CT molecular complexity index is 263. The third-order valence-corrected chi connectivity index (χ3v) is 1.87. The molecule has 1 heterocycles. The maximum Gasteiger partial charge on any atom is 0.251 e. The molecule has 0 aliphatic carbocycles. The molecule has 0 aromatic heterocycles. The molecule has 0 atom stereocenters. The fourth-order valence-corrected chi connectivity index (χ4v) is 1.08. The molecule has 0 unspecified atom stereocenters. The molecule has 0 aromatic rings. The lowest BCUT2D eigenvalue weighted by Gasteiger charge is -2.15. The van der Waals surface area contributed by atoms with Crippen LogP contribution in [0, 0.1) is 0 Å². The second-order valence-electron chi connectivity index (χ2n) is 2.74. The van der Waals surface area contributed by atoms with Gasteiger partial charge in [0, 0.05) is 31.8 Å². The molecule has 4 heteroatoms. The zero-order valence-corrected chi connectivity index (χ0v) is 7.54. The summed E-state index contributed by atoms with van der Waals surface area (Å²) in [5.74, 6) is -0.179. The zero-order valence-electron chi connectivity index (χ0n) is 7.54. The van der Waals surface area contributed by atoms with E-state index < -0.39 is 0 Å². The SMILES string of the molecule is C=C1C=CC(=O)N1CCC(=O)NC. The summed E-state index contributed by atoms with van der Waals surface area (Å²) in [6.07, 6.45) is 3.40. The molecule has 13 heavy (non-hydrogen) atoms. The predicted octanol–water partition coefficient (Wildman–Crippen LogP) is 0.0346. The van der Waals surface area contributed by atoms with Gasteiger partial charge in [0.1, 0.15) is 0 Å². The predicted molar refractivity (Wildman–Crippen MR) is 48.7 cm³/mol. The van der Waals surface area contributed by atoms with Gasteiger partial charge in [0.25, 0.3) is 5.91 Å². The molecule has 0 fully saturated rings. The Labute approximate surface area is 76.9 Å². The zero-order chi connectivity index (χ0) is 9.84. The number of carbonyl (C=O) groups excluding carboxylic acids is 2. The van der Waals surface area contributed by atoms with E-state index in [1.165, 1.54) is 11.0 Å². The van der Waals surface area contributed by atoms with Gasteiger partial charge in [0.05, 0.1) is 0 Å². The summed E-state index contributed by atoms with van der Waals surface area (Å²) in [6, 6.07) is 0. The van der Waals surface area contributed by atoms with E-state index in [4.69, 9.17) is 0 Å². The van der Waals surface area contributed by atoms with E-state index in [0.717, 1.165) is 0 Å². The van der Waals surface area contributed by atoms with Crippen LogP contribution in [-0.2, 0) is 9.59 Å². The van der Waals surface area contributed by atoms with Gasteiger partial charge >= 0.3 is 0 Å². The minimum Gasteiger partial charge on any atom is -0.359 e. The second kappa shape index (κ2) is 3.89. The van der Waals surface area contributed by atoms with Crippen LogP contribution in [0.2, 0.25) is 0 Å². The molecule has 70 valence electrons. The summed E-state index contributed by atoms with van der Waals surface area (Å²) >= 11 is 0. The first-order chi connectivity index (χ1) is 6.15. The van der Waals surface area contributed by atoms with Crippen molar-refractivity contribution >= 4 is 11.8 Å². The van der Waals surface area contributed by atoms with Crippen molar-refractivity contribution in [1.82, 2.24) is 10.2 Å². The van der Waals surface area contributed by atoms with Crippen molar-refractivity contribution < 1.29 is 9.59 Å². The molecule has 0 bridgehead atoms. The molecule has 0 radical (unpaired) electrons. The number of rotatable bonds is 3. The van der Waals surface area contributed by atoms with Crippen LogP contribution in [0.1, 0.15) is 6.42 Å². The van der Waals surface area contributed by atoms with Gasteiger partial charge in [0.15, 0.2) is 0 Å². The molecule has 1 rings (SSSR count). The van der Waals surface area contributed by atoms with Crippen LogP contribution in [0.4, 0.5) is 0 Å². The lowest BCUT2D eigenvalue weighted by atomic mass is 10.3. The van der Waals surface area contributed by atoms with E-state index in [2.05, 4.69) is 11.9 Å². The Morgan fingerprint density at radius 2 is 2.31 bits per heavy atom. The summed E-state index contributed by atoms with van der Waals surface area (Å²) in [6.45, 7) is 4.07. The lowest BCUT2D eigenvalue weighted by molar-refractivity contribution is -0.124. The first-order valence-electron chi connectivity index (χ1n) is 4.04. The normalized spacial score (nSPS) is 15.3. The molecule has 4 nitrogen and oxygen atoms in total. The van der Waals surface area contributed by atoms with Gasteiger partial charge in [-0.1, -0.05) is 6.58 Å². The van der Waals surface area contributed by atoms with Crippen LogP contribution in [0.25, 0.3) is 0 Å². The number of allylic oxidation sites excluding steroid dienone is 1. The Hall–Kier alpha value is -1.58. The largest absolute Gasteiger partial charge is 0.359 e. The molecule has 0 saturated carbocycles. The van der Waals surface area contributed by atoms with Crippen molar-refractivity contribution in [3.8, 4) is 0 Å². The highest BCUT2D eigenvalue weighted by Crippen LogP contribution is 2.12. The Morgan fingerprint density at radius 3 is 2.77 bits per heavy atom. The van der Waals surface area contributed by atoms with E-state index in [1.54, 1.807) is 13.1 Å². The molecule has 0 aromatic carbocycles. The van der Waals surface area contributed by atoms with Gasteiger partial charge in [0.2, 0.25) is 5.91 Å². The summed E-state index contributed by atoms with van der Waals surface area (Å²) in [5, 5.41) is 2.49. The van der Waals surface area contributed by atoms with Gasteiger partial charge in [-0.2, -0.15) is 0 Å². The summed E-state index contributed by atoms with van der Waals surface area (Å²) in [5.41, 5.74) is 0.647. The Morgan fingerprint density at radius 1 is 1.62 bits per heavy atom. The van der Waals surface area contributed by atoms with Gasteiger partial charge in [-0.15, -0.1) is 0 Å². The number of nitrogens with one attached hydrogen (secondary N) is 1. The number of nitrogens with zero attached hydrogens (tertiary/aromatic N) is 1. The summed E-state index contributed by atoms with van der Waals surface area (Å²) in [4.78, 5) is 23.5. The third-order valence-electron chi connectivity index (χ3n) is 1.87. The van der Waals surface area contributed by atoms with E-state index in [1.807, 2.05) is 0 Å². The minimum atomic E-state index is -0.103. The van der Waals surface area contributed by atoms with E-state index in [0.29, 0.717) is 18.7 Å². The van der Waals surface area contributed by atoms with Crippen LogP contribution in [-0.4, -0.2) is 30.3 Å². The van der Waals surface area contributed by atoms with Crippen molar-refractivity contribution in [2.24, 2.45) is 0 Å². The monoisotopic (exact) mass is 180 g/mol. The molecule has 1 aliphatic rings. The number of hydrogen-bond acceptors (Lipinski definition) is 2. The first-order valence-corrected chi connectivity index (χ1v) is 4.04. The summed E-state index contributed by atoms with van der Waals surface area (Å²) < 4.78 is 0. The maximum atomic E-state index is 11.1. The minimum absolute atomic E-state index is 0.0764. The van der Waals surface area contributed by atoms with E-state index in [9.17, 15) is 9.59 Å². The number of carbonyl (C=O) groups is 2. The van der Waals surface area contributed by atoms with Crippen molar-refractivity contribution in [3.05, 3.63) is 24.4 Å². The highest BCUT2D eigenvalue weighted by atomic mass is 16.2. The smallest absolute Gasteiger partial charge is 0.251 e. The van der Waals surface area contributed by atoms with Crippen LogP contribution in [0.3, 0.4) is 0 Å². The molecular formula is C9H12N2O2. The second-order valence-corrected chi connectivity index (χ2v) is 2.74. The first kappa shape index (κ1) is 9.51. The van der Waals surface area contributed by atoms with Crippen LogP contribution in [0.15, 0.2) is 24.4 Å². The number of hydrogen-bond donors (Lipinski definition) is 1. The van der Waals surface area contributed by atoms with Crippen LogP contribution < -0.4 is 5.32 Å². The quantitative estimate of drug-likeness (QED) is 0.666. The van der Waals surface area contributed by atoms with Crippen LogP contribution >= 0.6 is 0 Å². The van der Waals surface area contributed by atoms with Crippen molar-refractivity contribution in [2.45, 2.75) is 6.42 Å². The standard InChI is InChI=1S/C9H12N2O2/c1-7-3-4-9(13)11(7)6-5-8(12)10-2/h3-4H,1,5-6H2,2H3,(H,10,12). The van der Waals surface area contributed by atoms with Gasteiger partial charge < -0.3 is 10.2 Å². The van der Waals surface area contributed by atoms with E-state index >= 15 is 0 Å². The fourth-order valence-electron chi connectivity index (χ4n) is 1.08. The third kappa shape index (κ3) is 2.18. The van der Waals surface area contributed by atoms with Gasteiger partial charge in [-0.3, -0.25) is 9.59 Å². The Kier molecular flexibility index (Phi) is 2.84. The van der Waals surface area contributed by atoms with Crippen LogP contribution in [0.5, 0.6) is 0 Å². The highest BCUT2D eigenvalue weighted by Gasteiger charge is 2.18. The fraction of sp³-hybridized carbons (Fsp3) is 0.333. The average molecular weight is 180 g/mol. The highest BCUT2D eigenvalue weighted by molar-refractivity contribution is 5.93. The summed E-state index contributed by atoms with van der Waals surface area (Å²) in [7, 11) is 1.57. The van der Waals surface area contributed by atoms with Crippen molar-refractivity contribution in [2.75, 3.05) is 13.6 Å². The van der Waals surface area contributed by atoms with Gasteiger partial charge in [-0.05, 0) is 6.08 Å². The maximum absolute atomic E-state index is 11.1. The lowest BCUT2D eigenvalue weighted by Crippen LogP contribution is -2.29. The number of amides is 2. The molecule has 2 amide bonds. The molecule has 1 N–H and O–H groups in total. The Balaban J connectivity index is 2.42. The molecule has 0 saturated heterocycles. The van der Waals surface area contributed by atoms with Crippen molar-refractivity contribution in [3.63, 3.8) is 0 Å².